The van der Waals surface area contributed by atoms with E-state index in [4.69, 9.17) is 11.6 Å². The summed E-state index contributed by atoms with van der Waals surface area (Å²) in [4.78, 5) is 23.5. The highest BCUT2D eigenvalue weighted by molar-refractivity contribution is 6.30. The van der Waals surface area contributed by atoms with Crippen molar-refractivity contribution in [2.24, 2.45) is 0 Å². The van der Waals surface area contributed by atoms with Crippen LogP contribution in [0.25, 0.3) is 0 Å². The average molecular weight is 333 g/mol. The molecule has 1 amide bonds. The molecule has 0 saturated heterocycles. The van der Waals surface area contributed by atoms with E-state index in [-0.39, 0.29) is 5.91 Å². The van der Waals surface area contributed by atoms with Crippen LogP contribution in [0.5, 0.6) is 0 Å². The lowest BCUT2D eigenvalue weighted by Crippen LogP contribution is -2.31. The Morgan fingerprint density at radius 2 is 1.57 bits per heavy atom. The summed E-state index contributed by atoms with van der Waals surface area (Å²) in [5, 5.41) is 6.47. The fourth-order valence-electron chi connectivity index (χ4n) is 1.92. The molecule has 120 valence electrons. The first kappa shape index (κ1) is 16.8. The molecule has 2 N–H and O–H groups in total. The molecule has 0 heterocycles. The third-order valence-electron chi connectivity index (χ3n) is 3.19. The Kier molecular flexibility index (Phi) is 5.60. The highest BCUT2D eigenvalue weighted by Crippen LogP contribution is 2.15. The number of esters is 1. The van der Waals surface area contributed by atoms with E-state index in [1.165, 1.54) is 7.11 Å². The molecule has 0 unspecified atom stereocenters. The van der Waals surface area contributed by atoms with Gasteiger partial charge in [0.25, 0.3) is 0 Å². The Morgan fingerprint density at radius 1 is 1.00 bits per heavy atom. The maximum absolute atomic E-state index is 12.1. The summed E-state index contributed by atoms with van der Waals surface area (Å²) in [6.07, 6.45) is 0. The van der Waals surface area contributed by atoms with Crippen LogP contribution in [0.4, 0.5) is 11.4 Å². The third-order valence-corrected chi connectivity index (χ3v) is 3.45. The summed E-state index contributed by atoms with van der Waals surface area (Å²) in [6, 6.07) is 13.2. The highest BCUT2D eigenvalue weighted by Gasteiger charge is 2.13. The van der Waals surface area contributed by atoms with Gasteiger partial charge in [-0.2, -0.15) is 0 Å². The molecule has 2 aromatic carbocycles. The lowest BCUT2D eigenvalue weighted by atomic mass is 10.2. The average Bonchev–Trinajstić information content (AvgIpc) is 2.56. The molecule has 0 aromatic heterocycles. The van der Waals surface area contributed by atoms with Crippen LogP contribution in [0.2, 0.25) is 5.02 Å². The van der Waals surface area contributed by atoms with Crippen molar-refractivity contribution in [3.8, 4) is 0 Å². The largest absolute Gasteiger partial charge is 0.465 e. The molecular weight excluding hydrogens is 316 g/mol. The standard InChI is InChI=1S/C17H17ClN2O3/c1-11(16(21)20-15-9-5-13(18)6-10-15)19-14-7-3-12(4-8-14)17(22)23-2/h3-11,19H,1-2H3,(H,20,21)/t11-/m1/s1. The molecule has 6 heteroatoms. The predicted molar refractivity (Wildman–Crippen MR) is 90.9 cm³/mol. The molecule has 2 aromatic rings. The molecule has 5 nitrogen and oxygen atoms in total. The molecule has 0 aliphatic carbocycles. The molecule has 0 saturated carbocycles. The Bertz CT molecular complexity index is 684. The number of halogens is 1. The fourth-order valence-corrected chi connectivity index (χ4v) is 2.05. The lowest BCUT2D eigenvalue weighted by molar-refractivity contribution is -0.116. The third kappa shape index (κ3) is 4.72. The molecule has 0 fully saturated rings. The van der Waals surface area contributed by atoms with Gasteiger partial charge in [0.2, 0.25) is 5.91 Å². The van der Waals surface area contributed by atoms with Crippen LogP contribution in [0.3, 0.4) is 0 Å². The second-order valence-electron chi connectivity index (χ2n) is 4.93. The van der Waals surface area contributed by atoms with Gasteiger partial charge in [-0.1, -0.05) is 11.6 Å². The second-order valence-corrected chi connectivity index (χ2v) is 5.37. The van der Waals surface area contributed by atoms with E-state index in [2.05, 4.69) is 15.4 Å². The minimum Gasteiger partial charge on any atom is -0.465 e. The monoisotopic (exact) mass is 332 g/mol. The van der Waals surface area contributed by atoms with Crippen molar-refractivity contribution in [3.63, 3.8) is 0 Å². The van der Waals surface area contributed by atoms with Gasteiger partial charge in [-0.05, 0) is 55.5 Å². The van der Waals surface area contributed by atoms with Crippen LogP contribution >= 0.6 is 11.6 Å². The van der Waals surface area contributed by atoms with Gasteiger partial charge >= 0.3 is 5.97 Å². The van der Waals surface area contributed by atoms with Crippen LogP contribution < -0.4 is 10.6 Å². The van der Waals surface area contributed by atoms with Gasteiger partial charge in [-0.25, -0.2) is 4.79 Å². The van der Waals surface area contributed by atoms with Crippen LogP contribution in [-0.4, -0.2) is 25.0 Å². The van der Waals surface area contributed by atoms with Gasteiger partial charge in [0.05, 0.1) is 12.7 Å². The van der Waals surface area contributed by atoms with Crippen molar-refractivity contribution >= 4 is 34.9 Å². The van der Waals surface area contributed by atoms with Gasteiger partial charge < -0.3 is 15.4 Å². The zero-order valence-corrected chi connectivity index (χ0v) is 13.6. The van der Waals surface area contributed by atoms with Crippen LogP contribution in [0.15, 0.2) is 48.5 Å². The first-order chi connectivity index (χ1) is 11.0. The van der Waals surface area contributed by atoms with E-state index in [0.717, 1.165) is 5.69 Å². The van der Waals surface area contributed by atoms with Gasteiger partial charge in [0.1, 0.15) is 6.04 Å². The Balaban J connectivity index is 1.95. The summed E-state index contributed by atoms with van der Waals surface area (Å²) >= 11 is 5.81. The number of carbonyl (C=O) groups excluding carboxylic acids is 2. The molecule has 23 heavy (non-hydrogen) atoms. The van der Waals surface area contributed by atoms with Gasteiger partial charge in [-0.15, -0.1) is 0 Å². The summed E-state index contributed by atoms with van der Waals surface area (Å²) < 4.78 is 4.64. The van der Waals surface area contributed by atoms with Gasteiger partial charge in [-0.3, -0.25) is 4.79 Å². The quantitative estimate of drug-likeness (QED) is 0.821. The van der Waals surface area contributed by atoms with Crippen LogP contribution in [-0.2, 0) is 9.53 Å². The second kappa shape index (κ2) is 7.65. The van der Waals surface area contributed by atoms with Crippen molar-refractivity contribution in [3.05, 3.63) is 59.1 Å². The highest BCUT2D eigenvalue weighted by atomic mass is 35.5. The number of hydrogen-bond donors (Lipinski definition) is 2. The Morgan fingerprint density at radius 3 is 2.13 bits per heavy atom. The number of ether oxygens (including phenoxy) is 1. The summed E-state index contributed by atoms with van der Waals surface area (Å²) in [6.45, 7) is 1.75. The predicted octanol–water partition coefficient (Wildman–Crippen LogP) is 3.57. The number of nitrogens with one attached hydrogen (secondary N) is 2. The maximum Gasteiger partial charge on any atom is 0.337 e. The number of methoxy groups -OCH3 is 1. The van der Waals surface area contributed by atoms with Crippen LogP contribution in [0, 0.1) is 0 Å². The minimum atomic E-state index is -0.449. The molecule has 0 aliphatic rings. The zero-order chi connectivity index (χ0) is 16.8. The van der Waals surface area contributed by atoms with E-state index in [9.17, 15) is 9.59 Å². The van der Waals surface area contributed by atoms with Gasteiger partial charge in [0.15, 0.2) is 0 Å². The minimum absolute atomic E-state index is 0.177. The van der Waals surface area contributed by atoms with Crippen LogP contribution in [0.1, 0.15) is 17.3 Å². The van der Waals surface area contributed by atoms with E-state index in [1.54, 1.807) is 55.5 Å². The van der Waals surface area contributed by atoms with E-state index >= 15 is 0 Å². The van der Waals surface area contributed by atoms with E-state index in [0.29, 0.717) is 16.3 Å². The molecule has 0 radical (unpaired) electrons. The van der Waals surface area contributed by atoms with E-state index < -0.39 is 12.0 Å². The molecule has 0 spiro atoms. The van der Waals surface area contributed by atoms with Crippen molar-refractivity contribution in [2.45, 2.75) is 13.0 Å². The Hall–Kier alpha value is -2.53. The first-order valence-electron chi connectivity index (χ1n) is 7.01. The topological polar surface area (TPSA) is 67.4 Å². The van der Waals surface area contributed by atoms with Gasteiger partial charge in [0, 0.05) is 16.4 Å². The number of benzene rings is 2. The molecule has 0 aliphatic heterocycles. The number of rotatable bonds is 5. The number of carbonyl (C=O) groups is 2. The normalized spacial score (nSPS) is 11.4. The number of amides is 1. The summed E-state index contributed by atoms with van der Waals surface area (Å²) in [5.41, 5.74) is 1.86. The van der Waals surface area contributed by atoms with E-state index in [1.807, 2.05) is 0 Å². The summed E-state index contributed by atoms with van der Waals surface area (Å²) in [5.74, 6) is -0.575. The van der Waals surface area contributed by atoms with Crippen molar-refractivity contribution in [1.82, 2.24) is 0 Å². The SMILES string of the molecule is COC(=O)c1ccc(N[C@H](C)C(=O)Nc2ccc(Cl)cc2)cc1. The van der Waals surface area contributed by atoms with Crippen molar-refractivity contribution in [2.75, 3.05) is 17.7 Å². The van der Waals surface area contributed by atoms with Crippen molar-refractivity contribution < 1.29 is 14.3 Å². The first-order valence-corrected chi connectivity index (χ1v) is 7.39. The number of hydrogen-bond acceptors (Lipinski definition) is 4. The zero-order valence-electron chi connectivity index (χ0n) is 12.8. The lowest BCUT2D eigenvalue weighted by Gasteiger charge is -2.15. The maximum atomic E-state index is 12.1. The smallest absolute Gasteiger partial charge is 0.337 e. The summed E-state index contributed by atoms with van der Waals surface area (Å²) in [7, 11) is 1.33. The number of anilines is 2. The molecule has 1 atom stereocenters. The molecule has 2 rings (SSSR count). The fraction of sp³-hybridized carbons (Fsp3) is 0.176. The molecule has 0 bridgehead atoms. The Labute approximate surface area is 139 Å². The molecular formula is C17H17ClN2O3. The van der Waals surface area contributed by atoms with Crippen molar-refractivity contribution in [1.29, 1.82) is 0 Å².